The van der Waals surface area contributed by atoms with Crippen molar-refractivity contribution >= 4 is 45.6 Å². The number of nitrogens with one attached hydrogen (secondary N) is 1. The third-order valence-electron chi connectivity index (χ3n) is 5.00. The summed E-state index contributed by atoms with van der Waals surface area (Å²) in [7, 11) is 0. The van der Waals surface area contributed by atoms with E-state index < -0.39 is 11.9 Å². The summed E-state index contributed by atoms with van der Waals surface area (Å²) in [6, 6.07) is 28.0. The van der Waals surface area contributed by atoms with Gasteiger partial charge in [0.1, 0.15) is 18.1 Å². The van der Waals surface area contributed by atoms with Crippen LogP contribution in [0.2, 0.25) is 5.02 Å². The number of hydrogen-bond donors (Lipinski definition) is 1. The molecule has 0 saturated carbocycles. The van der Waals surface area contributed by atoms with Crippen molar-refractivity contribution in [2.24, 2.45) is 5.10 Å². The second-order valence-corrected chi connectivity index (χ2v) is 8.84. The predicted octanol–water partition coefficient (Wildman–Crippen LogP) is 6.66. The van der Waals surface area contributed by atoms with E-state index in [-0.39, 0.29) is 0 Å². The number of amides is 1. The summed E-state index contributed by atoms with van der Waals surface area (Å²) in [5, 5.41) is 4.67. The first-order valence-corrected chi connectivity index (χ1v) is 12.0. The molecule has 0 saturated heterocycles. The van der Waals surface area contributed by atoms with Gasteiger partial charge in [0.2, 0.25) is 0 Å². The minimum Gasteiger partial charge on any atom is -0.488 e. The van der Waals surface area contributed by atoms with Crippen LogP contribution in [-0.4, -0.2) is 18.1 Å². The lowest BCUT2D eigenvalue weighted by molar-refractivity contribution is 0.0733. The number of rotatable bonds is 8. The Balaban J connectivity index is 1.33. The quantitative estimate of drug-likeness (QED) is 0.112. The molecule has 0 aliphatic heterocycles. The highest BCUT2D eigenvalue weighted by molar-refractivity contribution is 9.10. The maximum Gasteiger partial charge on any atom is 0.344 e. The zero-order valence-electron chi connectivity index (χ0n) is 18.9. The van der Waals surface area contributed by atoms with Gasteiger partial charge in [-0.2, -0.15) is 5.10 Å². The molecule has 4 aromatic rings. The Bertz CT molecular complexity index is 1390. The Labute approximate surface area is 221 Å². The number of hydrogen-bond acceptors (Lipinski definition) is 5. The zero-order chi connectivity index (χ0) is 25.3. The van der Waals surface area contributed by atoms with E-state index in [1.54, 1.807) is 78.9 Å². The first kappa shape index (κ1) is 25.2. The van der Waals surface area contributed by atoms with Gasteiger partial charge in [-0.25, -0.2) is 10.2 Å². The van der Waals surface area contributed by atoms with Crippen molar-refractivity contribution in [2.45, 2.75) is 6.61 Å². The molecule has 4 aromatic carbocycles. The van der Waals surface area contributed by atoms with Gasteiger partial charge in [-0.15, -0.1) is 0 Å². The minimum atomic E-state index is -0.465. The highest BCUT2D eigenvalue weighted by atomic mass is 79.9. The van der Waals surface area contributed by atoms with Crippen LogP contribution in [0.5, 0.6) is 11.5 Å². The van der Waals surface area contributed by atoms with Gasteiger partial charge in [-0.1, -0.05) is 48.0 Å². The molecule has 0 aliphatic carbocycles. The van der Waals surface area contributed by atoms with Crippen LogP contribution in [0.3, 0.4) is 0 Å². The van der Waals surface area contributed by atoms with Crippen LogP contribution in [0.15, 0.2) is 107 Å². The zero-order valence-corrected chi connectivity index (χ0v) is 21.2. The van der Waals surface area contributed by atoms with Gasteiger partial charge >= 0.3 is 5.97 Å². The van der Waals surface area contributed by atoms with E-state index in [1.165, 1.54) is 6.21 Å². The normalized spacial score (nSPS) is 10.7. The number of esters is 1. The Hall–Kier alpha value is -3.94. The molecule has 0 aromatic heterocycles. The fraction of sp³-hybridized carbons (Fsp3) is 0.0357. The summed E-state index contributed by atoms with van der Waals surface area (Å²) in [5.74, 6) is -0.0369. The molecule has 0 fully saturated rings. The van der Waals surface area contributed by atoms with Crippen LogP contribution < -0.4 is 14.9 Å². The van der Waals surface area contributed by atoms with E-state index in [1.807, 2.05) is 18.2 Å². The molecule has 0 aliphatic rings. The van der Waals surface area contributed by atoms with Gasteiger partial charge in [0.25, 0.3) is 5.91 Å². The van der Waals surface area contributed by atoms with Gasteiger partial charge < -0.3 is 9.47 Å². The number of benzene rings is 4. The summed E-state index contributed by atoms with van der Waals surface area (Å²) in [6.45, 7) is 0.295. The van der Waals surface area contributed by atoms with Crippen LogP contribution in [0.1, 0.15) is 31.8 Å². The highest BCUT2D eigenvalue weighted by Gasteiger charge is 2.13. The summed E-state index contributed by atoms with van der Waals surface area (Å²) in [4.78, 5) is 25.0. The maximum absolute atomic E-state index is 12.7. The van der Waals surface area contributed by atoms with Crippen LogP contribution in [0.4, 0.5) is 0 Å². The monoisotopic (exact) mass is 562 g/mol. The van der Waals surface area contributed by atoms with E-state index in [0.717, 1.165) is 5.56 Å². The Morgan fingerprint density at radius 2 is 1.53 bits per heavy atom. The van der Waals surface area contributed by atoms with Crippen LogP contribution in [-0.2, 0) is 6.61 Å². The van der Waals surface area contributed by atoms with E-state index in [0.29, 0.717) is 44.3 Å². The molecule has 0 unspecified atom stereocenters. The first-order chi connectivity index (χ1) is 17.5. The molecule has 0 heterocycles. The molecule has 1 N–H and O–H groups in total. The minimum absolute atomic E-state index is 0.295. The summed E-state index contributed by atoms with van der Waals surface area (Å²) in [6.07, 6.45) is 1.49. The van der Waals surface area contributed by atoms with Crippen molar-refractivity contribution < 1.29 is 19.1 Å². The van der Waals surface area contributed by atoms with Crippen molar-refractivity contribution in [1.29, 1.82) is 0 Å². The SMILES string of the molecule is O=C(Oc1ccc(/C=N/NC(=O)c2ccccc2OCc2ccc(Cl)cc2)cc1)c1ccccc1Br. The van der Waals surface area contributed by atoms with E-state index in [2.05, 4.69) is 26.5 Å². The molecule has 4 rings (SSSR count). The molecule has 36 heavy (non-hydrogen) atoms. The molecule has 1 amide bonds. The fourth-order valence-electron chi connectivity index (χ4n) is 3.16. The molecule has 180 valence electrons. The number of carbonyl (C=O) groups is 2. The third-order valence-corrected chi connectivity index (χ3v) is 5.95. The van der Waals surface area contributed by atoms with Gasteiger partial charge in [0.15, 0.2) is 0 Å². The van der Waals surface area contributed by atoms with Crippen molar-refractivity contribution in [3.63, 3.8) is 0 Å². The lowest BCUT2D eigenvalue weighted by Gasteiger charge is -2.10. The maximum atomic E-state index is 12.7. The summed E-state index contributed by atoms with van der Waals surface area (Å²) in [5.41, 5.74) is 4.94. The Morgan fingerprint density at radius 3 is 2.25 bits per heavy atom. The highest BCUT2D eigenvalue weighted by Crippen LogP contribution is 2.21. The predicted molar refractivity (Wildman–Crippen MR) is 143 cm³/mol. The largest absolute Gasteiger partial charge is 0.488 e. The topological polar surface area (TPSA) is 77.0 Å². The fourth-order valence-corrected chi connectivity index (χ4v) is 3.73. The van der Waals surface area contributed by atoms with Gasteiger partial charge in [0, 0.05) is 9.50 Å². The number of carbonyl (C=O) groups excluding carboxylic acids is 2. The summed E-state index contributed by atoms with van der Waals surface area (Å²) < 4.78 is 11.9. The van der Waals surface area contributed by atoms with Crippen molar-refractivity contribution in [2.75, 3.05) is 0 Å². The number of para-hydroxylation sites is 1. The van der Waals surface area contributed by atoms with Crippen LogP contribution in [0, 0.1) is 0 Å². The molecule has 0 spiro atoms. The number of halogens is 2. The molecule has 0 bridgehead atoms. The van der Waals surface area contributed by atoms with E-state index in [4.69, 9.17) is 21.1 Å². The molecule has 6 nitrogen and oxygen atoms in total. The number of nitrogens with zero attached hydrogens (tertiary/aromatic N) is 1. The molecule has 0 radical (unpaired) electrons. The average Bonchev–Trinajstić information content (AvgIpc) is 2.89. The van der Waals surface area contributed by atoms with Crippen molar-refractivity contribution in [3.8, 4) is 11.5 Å². The van der Waals surface area contributed by atoms with Crippen molar-refractivity contribution in [3.05, 3.63) is 129 Å². The number of ether oxygens (including phenoxy) is 2. The van der Waals surface area contributed by atoms with Gasteiger partial charge in [-0.3, -0.25) is 4.79 Å². The Kier molecular flexibility index (Phi) is 8.49. The van der Waals surface area contributed by atoms with E-state index >= 15 is 0 Å². The third kappa shape index (κ3) is 6.81. The lowest BCUT2D eigenvalue weighted by atomic mass is 10.2. The molecular formula is C28H20BrClN2O4. The standard InChI is InChI=1S/C28H20BrClN2O4/c29-25-7-3-1-5-23(25)28(34)36-22-15-11-19(12-16-22)17-31-32-27(33)24-6-2-4-8-26(24)35-18-20-9-13-21(30)14-10-20/h1-17H,18H2,(H,32,33)/b31-17+. The van der Waals surface area contributed by atoms with Gasteiger partial charge in [0.05, 0.1) is 17.3 Å². The van der Waals surface area contributed by atoms with Gasteiger partial charge in [-0.05, 0) is 87.7 Å². The number of hydrazone groups is 1. The lowest BCUT2D eigenvalue weighted by Crippen LogP contribution is -2.18. The summed E-state index contributed by atoms with van der Waals surface area (Å²) >= 11 is 9.26. The molecular weight excluding hydrogens is 544 g/mol. The van der Waals surface area contributed by atoms with E-state index in [9.17, 15) is 9.59 Å². The second-order valence-electron chi connectivity index (χ2n) is 7.55. The molecule has 0 atom stereocenters. The van der Waals surface area contributed by atoms with Crippen LogP contribution >= 0.6 is 27.5 Å². The smallest absolute Gasteiger partial charge is 0.344 e. The average molecular weight is 564 g/mol. The van der Waals surface area contributed by atoms with Crippen LogP contribution in [0.25, 0.3) is 0 Å². The second kappa shape index (κ2) is 12.2. The molecule has 8 heteroatoms. The van der Waals surface area contributed by atoms with Crippen molar-refractivity contribution in [1.82, 2.24) is 5.43 Å². The Morgan fingerprint density at radius 1 is 0.861 bits per heavy atom. The first-order valence-electron chi connectivity index (χ1n) is 10.9.